The van der Waals surface area contributed by atoms with Crippen molar-refractivity contribution in [3.8, 4) is 5.75 Å². The van der Waals surface area contributed by atoms with E-state index in [1.807, 2.05) is 30.3 Å². The fourth-order valence-corrected chi connectivity index (χ4v) is 4.20. The van der Waals surface area contributed by atoms with Crippen molar-refractivity contribution in [1.29, 1.82) is 0 Å². The molecule has 1 fully saturated rings. The number of hydrogen-bond donors (Lipinski definition) is 1. The van der Waals surface area contributed by atoms with Crippen LogP contribution in [0.3, 0.4) is 0 Å². The first-order chi connectivity index (χ1) is 15.0. The molecule has 5 rings (SSSR count). The number of benzene rings is 2. The molecule has 1 aliphatic rings. The maximum Gasteiger partial charge on any atom is 0.223 e. The number of nitrogens with zero attached hydrogens (tertiary/aromatic N) is 6. The third kappa shape index (κ3) is 3.50. The highest BCUT2D eigenvalue weighted by atomic mass is 19.1. The highest BCUT2D eigenvalue weighted by Gasteiger charge is 2.25. The number of piperazine rings is 1. The van der Waals surface area contributed by atoms with Crippen molar-refractivity contribution < 1.29 is 9.13 Å². The van der Waals surface area contributed by atoms with Gasteiger partial charge in [-0.05, 0) is 43.3 Å². The summed E-state index contributed by atoms with van der Waals surface area (Å²) in [5.41, 5.74) is 8.55. The van der Waals surface area contributed by atoms with Crippen LogP contribution in [0.15, 0.2) is 42.5 Å². The van der Waals surface area contributed by atoms with E-state index in [0.717, 1.165) is 30.7 Å². The average molecular weight is 421 g/mol. The number of halogens is 1. The maximum absolute atomic E-state index is 13.2. The second-order valence-electron chi connectivity index (χ2n) is 7.83. The number of nitrogen functional groups attached to an aromatic ring is 1. The summed E-state index contributed by atoms with van der Waals surface area (Å²) in [6, 6.07) is 12.7. The smallest absolute Gasteiger partial charge is 0.223 e. The molecular weight excluding hydrogens is 397 g/mol. The first-order valence-electron chi connectivity index (χ1n) is 10.3. The van der Waals surface area contributed by atoms with Crippen LogP contribution in [0.5, 0.6) is 5.75 Å². The molecule has 160 valence electrons. The molecule has 1 aliphatic heterocycles. The van der Waals surface area contributed by atoms with Gasteiger partial charge in [-0.1, -0.05) is 6.07 Å². The van der Waals surface area contributed by atoms with E-state index in [-0.39, 0.29) is 17.8 Å². The molecule has 0 unspecified atom stereocenters. The van der Waals surface area contributed by atoms with E-state index < -0.39 is 0 Å². The van der Waals surface area contributed by atoms with Gasteiger partial charge in [-0.3, -0.25) is 4.90 Å². The minimum absolute atomic E-state index is 0.215. The summed E-state index contributed by atoms with van der Waals surface area (Å²) >= 11 is 0. The molecular formula is C22H24FN7O. The van der Waals surface area contributed by atoms with Crippen molar-refractivity contribution in [1.82, 2.24) is 24.5 Å². The van der Waals surface area contributed by atoms with Gasteiger partial charge in [0.1, 0.15) is 17.1 Å². The van der Waals surface area contributed by atoms with Crippen LogP contribution < -0.4 is 15.4 Å². The summed E-state index contributed by atoms with van der Waals surface area (Å²) in [5, 5.41) is 5.46. The van der Waals surface area contributed by atoms with Crippen LogP contribution in [-0.2, 0) is 6.54 Å². The molecule has 2 aromatic heterocycles. The second-order valence-corrected chi connectivity index (χ2v) is 7.83. The normalized spacial score (nSPS) is 17.5. The Balaban J connectivity index is 1.39. The van der Waals surface area contributed by atoms with Crippen molar-refractivity contribution >= 4 is 28.2 Å². The van der Waals surface area contributed by atoms with E-state index in [9.17, 15) is 4.39 Å². The molecule has 31 heavy (non-hydrogen) atoms. The number of aromatic nitrogens is 4. The predicted octanol–water partition coefficient (Wildman–Crippen LogP) is 2.72. The van der Waals surface area contributed by atoms with Crippen LogP contribution in [0.4, 0.5) is 16.0 Å². The number of hydrogen-bond acceptors (Lipinski definition) is 7. The summed E-state index contributed by atoms with van der Waals surface area (Å²) < 4.78 is 20.2. The molecule has 0 spiro atoms. The van der Waals surface area contributed by atoms with Gasteiger partial charge in [0.2, 0.25) is 5.95 Å². The molecule has 0 amide bonds. The van der Waals surface area contributed by atoms with E-state index in [2.05, 4.69) is 26.8 Å². The number of anilines is 2. The van der Waals surface area contributed by atoms with Gasteiger partial charge in [-0.2, -0.15) is 4.52 Å². The standard InChI is InChI=1S/C22H24FN7O/c1-14-12-29(16-8-6-15(23)7-9-16)11-10-28(14)13-19-25-21-17-4-3-5-18(31-2)20(17)26-22(24)30(21)27-19/h3-9,14H,10-13H2,1-2H3,(H2,24,26)/t14-/m0/s1. The Bertz CT molecular complexity index is 1240. The van der Waals surface area contributed by atoms with Crippen LogP contribution >= 0.6 is 0 Å². The molecule has 0 radical (unpaired) electrons. The Kier molecular flexibility index (Phi) is 4.82. The molecule has 1 atom stereocenters. The van der Waals surface area contributed by atoms with Crippen LogP contribution in [0, 0.1) is 5.82 Å². The summed E-state index contributed by atoms with van der Waals surface area (Å²) in [4.78, 5) is 13.9. The van der Waals surface area contributed by atoms with Crippen molar-refractivity contribution in [2.24, 2.45) is 0 Å². The Morgan fingerprint density at radius 1 is 1.13 bits per heavy atom. The Morgan fingerprint density at radius 2 is 1.94 bits per heavy atom. The highest BCUT2D eigenvalue weighted by molar-refractivity contribution is 5.95. The number of fused-ring (bicyclic) bond motifs is 3. The molecule has 9 heteroatoms. The number of rotatable bonds is 4. The highest BCUT2D eigenvalue weighted by Crippen LogP contribution is 2.28. The lowest BCUT2D eigenvalue weighted by Gasteiger charge is -2.40. The van der Waals surface area contributed by atoms with Gasteiger partial charge in [0.15, 0.2) is 11.5 Å². The van der Waals surface area contributed by atoms with E-state index in [4.69, 9.17) is 15.5 Å². The van der Waals surface area contributed by atoms with Crippen LogP contribution in [0.1, 0.15) is 12.7 Å². The molecule has 8 nitrogen and oxygen atoms in total. The van der Waals surface area contributed by atoms with Crippen molar-refractivity contribution in [3.05, 3.63) is 54.1 Å². The molecule has 3 heterocycles. The van der Waals surface area contributed by atoms with Gasteiger partial charge < -0.3 is 15.4 Å². The van der Waals surface area contributed by atoms with Gasteiger partial charge in [0.25, 0.3) is 0 Å². The van der Waals surface area contributed by atoms with Gasteiger partial charge >= 0.3 is 0 Å². The summed E-state index contributed by atoms with van der Waals surface area (Å²) in [7, 11) is 1.61. The SMILES string of the molecule is COc1cccc2c1nc(N)n1nc(CN3CCN(c4ccc(F)cc4)C[C@@H]3C)nc21. The lowest BCUT2D eigenvalue weighted by Crippen LogP contribution is -2.51. The minimum Gasteiger partial charge on any atom is -0.494 e. The lowest BCUT2D eigenvalue weighted by atomic mass is 10.1. The molecule has 0 aliphatic carbocycles. The van der Waals surface area contributed by atoms with Crippen LogP contribution in [0.25, 0.3) is 16.6 Å². The Labute approximate surface area is 179 Å². The van der Waals surface area contributed by atoms with Gasteiger partial charge in [0, 0.05) is 36.7 Å². The molecule has 0 bridgehead atoms. The van der Waals surface area contributed by atoms with E-state index in [0.29, 0.717) is 29.3 Å². The maximum atomic E-state index is 13.2. The quantitative estimate of drug-likeness (QED) is 0.542. The molecule has 1 saturated heterocycles. The third-order valence-corrected chi connectivity index (χ3v) is 5.86. The fourth-order valence-electron chi connectivity index (χ4n) is 4.20. The molecule has 2 N–H and O–H groups in total. The largest absolute Gasteiger partial charge is 0.494 e. The minimum atomic E-state index is -0.215. The van der Waals surface area contributed by atoms with Crippen molar-refractivity contribution in [2.75, 3.05) is 37.4 Å². The Morgan fingerprint density at radius 3 is 2.68 bits per heavy atom. The van der Waals surface area contributed by atoms with Gasteiger partial charge in [0.05, 0.1) is 13.7 Å². The zero-order chi connectivity index (χ0) is 21.5. The third-order valence-electron chi connectivity index (χ3n) is 5.86. The number of nitrogens with two attached hydrogens (primary N) is 1. The van der Waals surface area contributed by atoms with Crippen LogP contribution in [-0.4, -0.2) is 57.3 Å². The zero-order valence-electron chi connectivity index (χ0n) is 17.5. The zero-order valence-corrected chi connectivity index (χ0v) is 17.5. The number of para-hydroxylation sites is 1. The fraction of sp³-hybridized carbons (Fsp3) is 0.318. The average Bonchev–Trinajstić information content (AvgIpc) is 3.20. The number of ether oxygens (including phenoxy) is 1. The first-order valence-corrected chi connectivity index (χ1v) is 10.3. The monoisotopic (exact) mass is 421 g/mol. The predicted molar refractivity (Wildman–Crippen MR) is 118 cm³/mol. The lowest BCUT2D eigenvalue weighted by molar-refractivity contribution is 0.177. The van der Waals surface area contributed by atoms with Crippen molar-refractivity contribution in [3.63, 3.8) is 0 Å². The Hall–Kier alpha value is -3.46. The van der Waals surface area contributed by atoms with Crippen molar-refractivity contribution in [2.45, 2.75) is 19.5 Å². The van der Waals surface area contributed by atoms with E-state index in [1.165, 1.54) is 12.1 Å². The summed E-state index contributed by atoms with van der Waals surface area (Å²) in [6.07, 6.45) is 0. The second kappa shape index (κ2) is 7.66. The first kappa shape index (κ1) is 19.5. The topological polar surface area (TPSA) is 84.8 Å². The molecule has 0 saturated carbocycles. The van der Waals surface area contributed by atoms with Gasteiger partial charge in [-0.25, -0.2) is 14.4 Å². The van der Waals surface area contributed by atoms with E-state index >= 15 is 0 Å². The molecule has 2 aromatic carbocycles. The van der Waals surface area contributed by atoms with Crippen LogP contribution in [0.2, 0.25) is 0 Å². The summed E-state index contributed by atoms with van der Waals surface area (Å²) in [5.74, 6) is 1.42. The molecule has 4 aromatic rings. The van der Waals surface area contributed by atoms with Gasteiger partial charge in [-0.15, -0.1) is 5.10 Å². The summed E-state index contributed by atoms with van der Waals surface area (Å²) in [6.45, 7) is 5.36. The van der Waals surface area contributed by atoms with E-state index in [1.54, 1.807) is 11.6 Å². The number of methoxy groups -OCH3 is 1.